The molecule has 0 atom stereocenters. The van der Waals surface area contributed by atoms with Crippen molar-refractivity contribution in [2.75, 3.05) is 0 Å². The summed E-state index contributed by atoms with van der Waals surface area (Å²) in [5.74, 6) is 0. The molecule has 1 rings (SSSR count). The highest BCUT2D eigenvalue weighted by atomic mass is 32.2. The van der Waals surface area contributed by atoms with Gasteiger partial charge in [0.15, 0.2) is 0 Å². The van der Waals surface area contributed by atoms with Crippen LogP contribution in [0.4, 0.5) is 4.79 Å². The number of benzene rings is 1. The summed E-state index contributed by atoms with van der Waals surface area (Å²) in [6.45, 7) is 3.18. The molecule has 8 heteroatoms. The van der Waals surface area contributed by atoms with E-state index in [2.05, 4.69) is 9.46 Å². The Morgan fingerprint density at radius 2 is 1.80 bits per heavy atom. The molecule has 0 aliphatic carbocycles. The zero-order valence-electron chi connectivity index (χ0n) is 11.3. The molecule has 0 unspecified atom stereocenters. The standard InChI is InChI=1S/C12H18N2O5S/c1-9(2)19-12(16)14-20(17,18)13-7-10-3-5-11(8-15)6-4-10/h3-6,9,13,15H,7-8H2,1-2H3,(H,14,16). The topological polar surface area (TPSA) is 105 Å². The Labute approximate surface area is 118 Å². The van der Waals surface area contributed by atoms with E-state index in [1.807, 2.05) is 0 Å². The second-order valence-corrected chi connectivity index (χ2v) is 5.85. The molecule has 0 fully saturated rings. The zero-order chi connectivity index (χ0) is 15.2. The summed E-state index contributed by atoms with van der Waals surface area (Å²) in [7, 11) is -3.96. The van der Waals surface area contributed by atoms with Gasteiger partial charge in [0.05, 0.1) is 12.7 Å². The van der Waals surface area contributed by atoms with Gasteiger partial charge in [0, 0.05) is 6.54 Å². The maximum Gasteiger partial charge on any atom is 0.422 e. The highest BCUT2D eigenvalue weighted by molar-refractivity contribution is 7.88. The Bertz CT molecular complexity index is 539. The lowest BCUT2D eigenvalue weighted by Crippen LogP contribution is -2.40. The Kier molecular flexibility index (Phi) is 5.93. The van der Waals surface area contributed by atoms with E-state index in [1.54, 1.807) is 42.8 Å². The smallest absolute Gasteiger partial charge is 0.422 e. The van der Waals surface area contributed by atoms with E-state index in [-0.39, 0.29) is 13.2 Å². The van der Waals surface area contributed by atoms with Gasteiger partial charge in [0.1, 0.15) is 0 Å². The second-order valence-electron chi connectivity index (χ2n) is 4.36. The number of aliphatic hydroxyl groups excluding tert-OH is 1. The number of ether oxygens (including phenoxy) is 1. The van der Waals surface area contributed by atoms with Crippen LogP contribution in [0, 0.1) is 0 Å². The second kappa shape index (κ2) is 7.22. The molecule has 7 nitrogen and oxygen atoms in total. The van der Waals surface area contributed by atoms with Gasteiger partial charge in [-0.25, -0.2) is 9.52 Å². The van der Waals surface area contributed by atoms with E-state index in [4.69, 9.17) is 5.11 Å². The van der Waals surface area contributed by atoms with Gasteiger partial charge in [-0.15, -0.1) is 0 Å². The van der Waals surface area contributed by atoms with Crippen LogP contribution in [0.3, 0.4) is 0 Å². The van der Waals surface area contributed by atoms with Gasteiger partial charge in [-0.2, -0.15) is 13.1 Å². The van der Waals surface area contributed by atoms with E-state index in [9.17, 15) is 13.2 Å². The van der Waals surface area contributed by atoms with Crippen LogP contribution in [0.15, 0.2) is 24.3 Å². The zero-order valence-corrected chi connectivity index (χ0v) is 12.1. The first-order chi connectivity index (χ1) is 9.32. The van der Waals surface area contributed by atoms with Crippen molar-refractivity contribution in [2.45, 2.75) is 33.1 Å². The summed E-state index contributed by atoms with van der Waals surface area (Å²) in [5, 5.41) is 8.89. The Balaban J connectivity index is 2.52. The van der Waals surface area contributed by atoms with Crippen molar-refractivity contribution < 1.29 is 23.1 Å². The number of amides is 1. The lowest BCUT2D eigenvalue weighted by molar-refractivity contribution is 0.121. The third kappa shape index (κ3) is 6.00. The van der Waals surface area contributed by atoms with Crippen LogP contribution in [0.5, 0.6) is 0 Å². The molecule has 0 spiro atoms. The lowest BCUT2D eigenvalue weighted by atomic mass is 10.1. The van der Waals surface area contributed by atoms with E-state index in [0.717, 1.165) is 5.56 Å². The summed E-state index contributed by atoms with van der Waals surface area (Å²) in [4.78, 5) is 11.2. The van der Waals surface area contributed by atoms with Crippen molar-refractivity contribution >= 4 is 16.3 Å². The van der Waals surface area contributed by atoms with Gasteiger partial charge >= 0.3 is 16.3 Å². The molecule has 112 valence electrons. The van der Waals surface area contributed by atoms with Gasteiger partial charge in [0.25, 0.3) is 0 Å². The fourth-order valence-corrected chi connectivity index (χ4v) is 2.02. The van der Waals surface area contributed by atoms with Gasteiger partial charge < -0.3 is 9.84 Å². The maximum atomic E-state index is 11.6. The average molecular weight is 302 g/mol. The average Bonchev–Trinajstić information content (AvgIpc) is 2.35. The number of rotatable bonds is 6. The van der Waals surface area contributed by atoms with Gasteiger partial charge in [-0.05, 0) is 25.0 Å². The Morgan fingerprint density at radius 3 is 2.30 bits per heavy atom. The van der Waals surface area contributed by atoms with Gasteiger partial charge in [-0.3, -0.25) is 0 Å². The summed E-state index contributed by atoms with van der Waals surface area (Å²) < 4.78 is 31.7. The molecule has 0 aliphatic rings. The molecule has 1 aromatic carbocycles. The maximum absolute atomic E-state index is 11.6. The highest BCUT2D eigenvalue weighted by Gasteiger charge is 2.15. The monoisotopic (exact) mass is 302 g/mol. The number of aliphatic hydroxyl groups is 1. The predicted molar refractivity (Wildman–Crippen MR) is 72.9 cm³/mol. The van der Waals surface area contributed by atoms with E-state index >= 15 is 0 Å². The predicted octanol–water partition coefficient (Wildman–Crippen LogP) is 0.648. The minimum atomic E-state index is -3.96. The fraction of sp³-hybridized carbons (Fsp3) is 0.417. The number of hydrogen-bond donors (Lipinski definition) is 3. The van der Waals surface area contributed by atoms with Crippen molar-refractivity contribution in [1.29, 1.82) is 0 Å². The van der Waals surface area contributed by atoms with Crippen LogP contribution in [0.2, 0.25) is 0 Å². The van der Waals surface area contributed by atoms with Crippen LogP contribution in [-0.4, -0.2) is 25.7 Å². The number of hydrogen-bond acceptors (Lipinski definition) is 5. The summed E-state index contributed by atoms with van der Waals surface area (Å²) in [6, 6.07) is 6.73. The first kappa shape index (κ1) is 16.4. The molecule has 0 bridgehead atoms. The first-order valence-corrected chi connectivity index (χ1v) is 7.47. The first-order valence-electron chi connectivity index (χ1n) is 5.99. The largest absolute Gasteiger partial charge is 0.446 e. The lowest BCUT2D eigenvalue weighted by Gasteiger charge is -2.11. The van der Waals surface area contributed by atoms with Crippen LogP contribution in [0.1, 0.15) is 25.0 Å². The summed E-state index contributed by atoms with van der Waals surface area (Å²) in [6.07, 6.45) is -1.43. The molecule has 20 heavy (non-hydrogen) atoms. The normalized spacial score (nSPS) is 11.4. The molecule has 0 saturated carbocycles. The fourth-order valence-electron chi connectivity index (χ4n) is 1.32. The Morgan fingerprint density at radius 1 is 1.25 bits per heavy atom. The molecule has 0 aromatic heterocycles. The van der Waals surface area contributed by atoms with Crippen LogP contribution >= 0.6 is 0 Å². The number of carbonyl (C=O) groups is 1. The summed E-state index contributed by atoms with van der Waals surface area (Å²) >= 11 is 0. The van der Waals surface area contributed by atoms with E-state index < -0.39 is 22.4 Å². The van der Waals surface area contributed by atoms with Crippen LogP contribution < -0.4 is 9.44 Å². The molecule has 0 aliphatic heterocycles. The van der Waals surface area contributed by atoms with Crippen LogP contribution in [-0.2, 0) is 28.1 Å². The molecule has 0 radical (unpaired) electrons. The van der Waals surface area contributed by atoms with Crippen LogP contribution in [0.25, 0.3) is 0 Å². The van der Waals surface area contributed by atoms with Gasteiger partial charge in [0.2, 0.25) is 0 Å². The highest BCUT2D eigenvalue weighted by Crippen LogP contribution is 2.04. The Hall–Kier alpha value is -1.64. The molecule has 3 N–H and O–H groups in total. The molecular weight excluding hydrogens is 284 g/mol. The van der Waals surface area contributed by atoms with Crippen molar-refractivity contribution in [1.82, 2.24) is 9.44 Å². The third-order valence-corrected chi connectivity index (χ3v) is 3.19. The molecule has 0 heterocycles. The quantitative estimate of drug-likeness (QED) is 0.715. The van der Waals surface area contributed by atoms with Gasteiger partial charge in [-0.1, -0.05) is 24.3 Å². The molecule has 1 aromatic rings. The van der Waals surface area contributed by atoms with Crippen molar-refractivity contribution in [3.05, 3.63) is 35.4 Å². The molecule has 0 saturated heterocycles. The number of carbonyl (C=O) groups excluding carboxylic acids is 1. The SMILES string of the molecule is CC(C)OC(=O)NS(=O)(=O)NCc1ccc(CO)cc1. The molecule has 1 amide bonds. The summed E-state index contributed by atoms with van der Waals surface area (Å²) in [5.41, 5.74) is 1.43. The van der Waals surface area contributed by atoms with E-state index in [1.165, 1.54) is 0 Å². The minimum absolute atomic E-state index is 0.0238. The molecular formula is C12H18N2O5S. The van der Waals surface area contributed by atoms with Crippen molar-refractivity contribution in [2.24, 2.45) is 0 Å². The third-order valence-electron chi connectivity index (χ3n) is 2.23. The minimum Gasteiger partial charge on any atom is -0.446 e. The van der Waals surface area contributed by atoms with Crippen molar-refractivity contribution in [3.63, 3.8) is 0 Å². The van der Waals surface area contributed by atoms with E-state index in [0.29, 0.717) is 5.56 Å². The van der Waals surface area contributed by atoms with Crippen molar-refractivity contribution in [3.8, 4) is 0 Å². The number of nitrogens with one attached hydrogen (secondary N) is 2.